The van der Waals surface area contributed by atoms with Gasteiger partial charge in [0.2, 0.25) is 0 Å². The summed E-state index contributed by atoms with van der Waals surface area (Å²) in [6.07, 6.45) is 3.99. The van der Waals surface area contributed by atoms with Gasteiger partial charge in [-0.05, 0) is 18.9 Å². The number of rotatable bonds is 7. The molecule has 0 radical (unpaired) electrons. The highest BCUT2D eigenvalue weighted by molar-refractivity contribution is 5.16. The lowest BCUT2D eigenvalue weighted by Gasteiger charge is -2.24. The van der Waals surface area contributed by atoms with Crippen LogP contribution in [0.1, 0.15) is 36.4 Å². The number of hydrogen-bond acceptors (Lipinski definition) is 4. The number of benzene rings is 1. The van der Waals surface area contributed by atoms with Crippen LogP contribution >= 0.6 is 0 Å². The summed E-state index contributed by atoms with van der Waals surface area (Å²) in [5, 5.41) is 10.0. The second-order valence-electron chi connectivity index (χ2n) is 6.19. The highest BCUT2D eigenvalue weighted by atomic mass is 19.1. The Morgan fingerprint density at radius 1 is 1.38 bits per heavy atom. The van der Waals surface area contributed by atoms with Crippen molar-refractivity contribution < 1.29 is 14.2 Å². The molecule has 6 heteroatoms. The van der Waals surface area contributed by atoms with E-state index in [2.05, 4.69) is 4.98 Å². The van der Waals surface area contributed by atoms with E-state index in [9.17, 15) is 14.3 Å². The molecule has 0 amide bonds. The van der Waals surface area contributed by atoms with Crippen molar-refractivity contribution in [1.82, 2.24) is 9.55 Å². The molecule has 3 rings (SSSR count). The Labute approximate surface area is 139 Å². The Balaban J connectivity index is 1.50. The minimum absolute atomic E-state index is 0.0190. The van der Waals surface area contributed by atoms with Crippen LogP contribution in [-0.4, -0.2) is 27.4 Å². The highest BCUT2D eigenvalue weighted by Gasteiger charge is 2.21. The molecule has 1 N–H and O–H groups in total. The van der Waals surface area contributed by atoms with Crippen LogP contribution in [0.4, 0.5) is 4.39 Å². The molecule has 24 heavy (non-hydrogen) atoms. The van der Waals surface area contributed by atoms with E-state index < -0.39 is 6.10 Å². The maximum absolute atomic E-state index is 13.5. The third-order valence-corrected chi connectivity index (χ3v) is 4.36. The van der Waals surface area contributed by atoms with Crippen molar-refractivity contribution in [2.45, 2.75) is 44.4 Å². The minimum atomic E-state index is -0.856. The molecule has 0 spiro atoms. The van der Waals surface area contributed by atoms with E-state index in [1.807, 2.05) is 0 Å². The van der Waals surface area contributed by atoms with Gasteiger partial charge in [0.15, 0.2) is 0 Å². The summed E-state index contributed by atoms with van der Waals surface area (Å²) < 4.78 is 20.2. The van der Waals surface area contributed by atoms with Gasteiger partial charge in [0.05, 0.1) is 37.9 Å². The number of aliphatic hydroxyl groups excluding tert-OH is 1. The standard InChI is InChI=1S/C18H21FN2O3/c19-16-7-2-1-4-14(16)10-24-11-15(22)9-21-12-20-17(8-18(21)23)13-5-3-6-13/h1-2,4,7-8,12-13,15,22H,3,5-6,9-11H2. The molecule has 1 heterocycles. The zero-order chi connectivity index (χ0) is 16.9. The van der Waals surface area contributed by atoms with Crippen LogP contribution in [-0.2, 0) is 17.9 Å². The quantitative estimate of drug-likeness (QED) is 0.844. The molecule has 0 bridgehead atoms. The molecule has 0 aliphatic heterocycles. The van der Waals surface area contributed by atoms with E-state index in [1.165, 1.54) is 23.4 Å². The zero-order valence-electron chi connectivity index (χ0n) is 13.4. The summed E-state index contributed by atoms with van der Waals surface area (Å²) in [6, 6.07) is 7.89. The van der Waals surface area contributed by atoms with Gasteiger partial charge in [-0.1, -0.05) is 24.6 Å². The van der Waals surface area contributed by atoms with E-state index in [4.69, 9.17) is 4.74 Å². The SMILES string of the molecule is O=c1cc(C2CCC2)ncn1CC(O)COCc1ccccc1F. The average molecular weight is 332 g/mol. The monoisotopic (exact) mass is 332 g/mol. The summed E-state index contributed by atoms with van der Waals surface area (Å²) in [5.74, 6) is 0.0698. The van der Waals surface area contributed by atoms with Gasteiger partial charge >= 0.3 is 0 Å². The van der Waals surface area contributed by atoms with Gasteiger partial charge in [0.25, 0.3) is 5.56 Å². The molecule has 1 aliphatic carbocycles. The van der Waals surface area contributed by atoms with Crippen molar-refractivity contribution in [2.75, 3.05) is 6.61 Å². The van der Waals surface area contributed by atoms with Crippen LogP contribution in [0.3, 0.4) is 0 Å². The third kappa shape index (κ3) is 4.07. The molecule has 1 saturated carbocycles. The molecule has 1 aromatic carbocycles. The molecule has 2 aromatic rings. The predicted molar refractivity (Wildman–Crippen MR) is 87.2 cm³/mol. The fourth-order valence-corrected chi connectivity index (χ4v) is 2.70. The van der Waals surface area contributed by atoms with E-state index in [1.54, 1.807) is 24.3 Å². The Kier molecular flexibility index (Phi) is 5.37. The largest absolute Gasteiger partial charge is 0.389 e. The summed E-state index contributed by atoms with van der Waals surface area (Å²) >= 11 is 0. The number of ether oxygens (including phenoxy) is 1. The summed E-state index contributed by atoms with van der Waals surface area (Å²) in [5.41, 5.74) is 1.11. The molecule has 1 unspecified atom stereocenters. The Hall–Kier alpha value is -2.05. The average Bonchev–Trinajstić information content (AvgIpc) is 2.50. The maximum Gasteiger partial charge on any atom is 0.253 e. The van der Waals surface area contributed by atoms with E-state index in [0.717, 1.165) is 18.5 Å². The fourth-order valence-electron chi connectivity index (χ4n) is 2.70. The topological polar surface area (TPSA) is 64.4 Å². The number of halogens is 1. The first kappa shape index (κ1) is 16.8. The first-order valence-corrected chi connectivity index (χ1v) is 8.19. The highest BCUT2D eigenvalue weighted by Crippen LogP contribution is 2.34. The van der Waals surface area contributed by atoms with Crippen LogP contribution in [0.5, 0.6) is 0 Å². The number of nitrogens with zero attached hydrogens (tertiary/aromatic N) is 2. The Morgan fingerprint density at radius 3 is 2.83 bits per heavy atom. The third-order valence-electron chi connectivity index (χ3n) is 4.36. The van der Waals surface area contributed by atoms with Crippen LogP contribution in [0.25, 0.3) is 0 Å². The second-order valence-corrected chi connectivity index (χ2v) is 6.19. The van der Waals surface area contributed by atoms with Crippen LogP contribution < -0.4 is 5.56 Å². The fraction of sp³-hybridized carbons (Fsp3) is 0.444. The molecular weight excluding hydrogens is 311 g/mol. The molecule has 1 aromatic heterocycles. The van der Waals surface area contributed by atoms with E-state index >= 15 is 0 Å². The van der Waals surface area contributed by atoms with Gasteiger partial charge in [0.1, 0.15) is 5.82 Å². The predicted octanol–water partition coefficient (Wildman–Crippen LogP) is 2.23. The lowest BCUT2D eigenvalue weighted by Crippen LogP contribution is -2.30. The molecule has 0 saturated heterocycles. The minimum Gasteiger partial charge on any atom is -0.389 e. The molecule has 5 nitrogen and oxygen atoms in total. The lowest BCUT2D eigenvalue weighted by molar-refractivity contribution is 0.0188. The number of aliphatic hydroxyl groups is 1. The molecule has 1 atom stereocenters. The van der Waals surface area contributed by atoms with E-state index in [-0.39, 0.29) is 31.1 Å². The van der Waals surface area contributed by atoms with Crippen LogP contribution in [0.2, 0.25) is 0 Å². The number of aromatic nitrogens is 2. The first-order chi connectivity index (χ1) is 11.6. The lowest BCUT2D eigenvalue weighted by atomic mass is 9.83. The van der Waals surface area contributed by atoms with Crippen molar-refractivity contribution in [1.29, 1.82) is 0 Å². The van der Waals surface area contributed by atoms with Crippen LogP contribution in [0.15, 0.2) is 41.5 Å². The summed E-state index contributed by atoms with van der Waals surface area (Å²) in [7, 11) is 0. The Morgan fingerprint density at radius 2 is 2.17 bits per heavy atom. The summed E-state index contributed by atoms with van der Waals surface area (Å²) in [6.45, 7) is 0.205. The maximum atomic E-state index is 13.5. The van der Waals surface area contributed by atoms with Crippen molar-refractivity contribution in [3.63, 3.8) is 0 Å². The van der Waals surface area contributed by atoms with E-state index in [0.29, 0.717) is 11.5 Å². The van der Waals surface area contributed by atoms with Gasteiger partial charge in [0, 0.05) is 17.5 Å². The Bertz CT molecular complexity index is 743. The van der Waals surface area contributed by atoms with Gasteiger partial charge in [-0.25, -0.2) is 9.37 Å². The second kappa shape index (κ2) is 7.68. The van der Waals surface area contributed by atoms with Crippen molar-refractivity contribution in [3.8, 4) is 0 Å². The van der Waals surface area contributed by atoms with Gasteiger partial charge in [-0.3, -0.25) is 9.36 Å². The van der Waals surface area contributed by atoms with Crippen molar-refractivity contribution in [3.05, 3.63) is 64.1 Å². The van der Waals surface area contributed by atoms with Gasteiger partial charge in [-0.15, -0.1) is 0 Å². The van der Waals surface area contributed by atoms with Crippen molar-refractivity contribution in [2.24, 2.45) is 0 Å². The van der Waals surface area contributed by atoms with Crippen molar-refractivity contribution >= 4 is 0 Å². The molecule has 128 valence electrons. The smallest absolute Gasteiger partial charge is 0.253 e. The normalized spacial score (nSPS) is 15.9. The van der Waals surface area contributed by atoms with Gasteiger partial charge < -0.3 is 9.84 Å². The first-order valence-electron chi connectivity index (χ1n) is 8.19. The summed E-state index contributed by atoms with van der Waals surface area (Å²) in [4.78, 5) is 16.4. The zero-order valence-corrected chi connectivity index (χ0v) is 13.4. The molecular formula is C18H21FN2O3. The van der Waals surface area contributed by atoms with Crippen LogP contribution in [0, 0.1) is 5.82 Å². The molecule has 1 aliphatic rings. The van der Waals surface area contributed by atoms with Gasteiger partial charge in [-0.2, -0.15) is 0 Å². The number of hydrogen-bond donors (Lipinski definition) is 1. The molecule has 1 fully saturated rings.